The summed E-state index contributed by atoms with van der Waals surface area (Å²) in [5.41, 5.74) is 8.96. The van der Waals surface area contributed by atoms with E-state index in [2.05, 4.69) is 11.0 Å². The van der Waals surface area contributed by atoms with Gasteiger partial charge in [-0.2, -0.15) is 0 Å². The summed E-state index contributed by atoms with van der Waals surface area (Å²) in [7, 11) is 0. The molecule has 2 aromatic rings. The highest BCUT2D eigenvalue weighted by atomic mass is 16.7. The molecule has 0 spiro atoms. The molecule has 0 radical (unpaired) electrons. The molecule has 6 heteroatoms. The van der Waals surface area contributed by atoms with Crippen LogP contribution in [0.25, 0.3) is 11.4 Å². The van der Waals surface area contributed by atoms with E-state index in [4.69, 9.17) is 9.68 Å². The van der Waals surface area contributed by atoms with E-state index in [9.17, 15) is 9.59 Å². The summed E-state index contributed by atoms with van der Waals surface area (Å²) in [6.45, 7) is 0. The molecule has 0 saturated carbocycles. The molecule has 0 aromatic heterocycles. The second-order valence-corrected chi connectivity index (χ2v) is 6.61. The Kier molecular flexibility index (Phi) is 5.32. The van der Waals surface area contributed by atoms with Crippen molar-refractivity contribution in [2.45, 2.75) is 25.0 Å². The van der Waals surface area contributed by atoms with Crippen LogP contribution in [0.5, 0.6) is 0 Å². The van der Waals surface area contributed by atoms with Crippen molar-refractivity contribution in [3.8, 4) is 0 Å². The number of hydroxylamine groups is 2. The van der Waals surface area contributed by atoms with Gasteiger partial charge in [0.1, 0.15) is 0 Å². The third kappa shape index (κ3) is 4.03. The Morgan fingerprint density at radius 2 is 1.07 bits per heavy atom. The number of hydrogen-bond acceptors (Lipinski definition) is 6. The SMILES string of the molecule is O=C(CCC(=O)[C@@H]1C=C(c2ccccc2)NO1)[C@@H]1C=C(c2ccccc2)NO1. The Morgan fingerprint density at radius 1 is 0.679 bits per heavy atom. The highest BCUT2D eigenvalue weighted by Gasteiger charge is 2.28. The molecular formula is C22H20N2O4. The van der Waals surface area contributed by atoms with Gasteiger partial charge in [0.2, 0.25) is 0 Å². The summed E-state index contributed by atoms with van der Waals surface area (Å²) >= 11 is 0. The number of ketones is 2. The molecule has 0 amide bonds. The fourth-order valence-electron chi connectivity index (χ4n) is 3.09. The quantitative estimate of drug-likeness (QED) is 0.774. The van der Waals surface area contributed by atoms with Crippen molar-refractivity contribution >= 4 is 23.0 Å². The third-order valence-corrected chi connectivity index (χ3v) is 4.65. The maximum Gasteiger partial charge on any atom is 0.168 e. The zero-order valence-electron chi connectivity index (χ0n) is 15.1. The van der Waals surface area contributed by atoms with E-state index < -0.39 is 12.2 Å². The fraction of sp³-hybridized carbons (Fsp3) is 0.182. The van der Waals surface area contributed by atoms with E-state index in [0.717, 1.165) is 22.5 Å². The number of Topliss-reactive ketones (excluding diaryl/α,β-unsaturated/α-hetero) is 2. The molecule has 2 aliphatic heterocycles. The first kappa shape index (κ1) is 18.2. The highest BCUT2D eigenvalue weighted by Crippen LogP contribution is 2.21. The monoisotopic (exact) mass is 376 g/mol. The molecule has 4 rings (SSSR count). The minimum Gasteiger partial charge on any atom is -0.296 e. The molecule has 2 heterocycles. The Balaban J connectivity index is 1.31. The Bertz CT molecular complexity index is 845. The van der Waals surface area contributed by atoms with Gasteiger partial charge in [0.15, 0.2) is 23.8 Å². The number of nitrogens with one attached hydrogen (secondary N) is 2. The first-order chi connectivity index (χ1) is 13.7. The minimum absolute atomic E-state index is 0.0954. The summed E-state index contributed by atoms with van der Waals surface area (Å²) < 4.78 is 0. The van der Waals surface area contributed by atoms with Crippen LogP contribution in [-0.4, -0.2) is 23.8 Å². The van der Waals surface area contributed by atoms with Crippen LogP contribution in [0.3, 0.4) is 0 Å². The topological polar surface area (TPSA) is 76.7 Å². The van der Waals surface area contributed by atoms with Crippen LogP contribution in [0.1, 0.15) is 24.0 Å². The zero-order chi connectivity index (χ0) is 19.3. The van der Waals surface area contributed by atoms with Crippen LogP contribution < -0.4 is 11.0 Å². The van der Waals surface area contributed by atoms with Crippen LogP contribution in [0.2, 0.25) is 0 Å². The van der Waals surface area contributed by atoms with Gasteiger partial charge in [0, 0.05) is 12.8 Å². The van der Waals surface area contributed by atoms with E-state index in [-0.39, 0.29) is 24.4 Å². The molecule has 0 bridgehead atoms. The molecule has 2 N–H and O–H groups in total. The first-order valence-corrected chi connectivity index (χ1v) is 9.14. The summed E-state index contributed by atoms with van der Waals surface area (Å²) in [6, 6.07) is 19.2. The van der Waals surface area contributed by atoms with Gasteiger partial charge in [-0.15, -0.1) is 0 Å². The predicted octanol–water partition coefficient (Wildman–Crippen LogP) is 2.79. The summed E-state index contributed by atoms with van der Waals surface area (Å²) in [6.07, 6.45) is 2.28. The maximum atomic E-state index is 12.4. The van der Waals surface area contributed by atoms with Crippen molar-refractivity contribution in [1.29, 1.82) is 0 Å². The molecule has 0 fully saturated rings. The van der Waals surface area contributed by atoms with Crippen LogP contribution >= 0.6 is 0 Å². The van der Waals surface area contributed by atoms with E-state index >= 15 is 0 Å². The van der Waals surface area contributed by atoms with E-state index in [1.165, 1.54) is 0 Å². The largest absolute Gasteiger partial charge is 0.296 e. The lowest BCUT2D eigenvalue weighted by Gasteiger charge is -2.08. The second-order valence-electron chi connectivity index (χ2n) is 6.61. The molecule has 142 valence electrons. The van der Waals surface area contributed by atoms with Gasteiger partial charge in [-0.1, -0.05) is 60.7 Å². The molecule has 2 aromatic carbocycles. The summed E-state index contributed by atoms with van der Waals surface area (Å²) in [4.78, 5) is 35.5. The molecular weight excluding hydrogens is 356 g/mol. The summed E-state index contributed by atoms with van der Waals surface area (Å²) in [5.74, 6) is -0.296. The Hall–Kier alpha value is -3.22. The van der Waals surface area contributed by atoms with Crippen molar-refractivity contribution in [2.75, 3.05) is 0 Å². The number of hydrogen-bond donors (Lipinski definition) is 2. The van der Waals surface area contributed by atoms with Crippen molar-refractivity contribution in [2.24, 2.45) is 0 Å². The van der Waals surface area contributed by atoms with Crippen LogP contribution in [0, 0.1) is 0 Å². The lowest BCUT2D eigenvalue weighted by molar-refractivity contribution is -0.134. The van der Waals surface area contributed by atoms with E-state index in [1.807, 2.05) is 60.7 Å². The average molecular weight is 376 g/mol. The molecule has 0 unspecified atom stereocenters. The number of carbonyl (C=O) groups excluding carboxylic acids is 2. The number of carbonyl (C=O) groups is 2. The van der Waals surface area contributed by atoms with Crippen LogP contribution in [-0.2, 0) is 19.3 Å². The van der Waals surface area contributed by atoms with Crippen molar-refractivity contribution < 1.29 is 19.3 Å². The Labute approximate surface area is 162 Å². The lowest BCUT2D eigenvalue weighted by Crippen LogP contribution is -2.26. The molecule has 0 saturated heterocycles. The van der Waals surface area contributed by atoms with Gasteiger partial charge in [-0.25, -0.2) is 0 Å². The fourth-order valence-corrected chi connectivity index (χ4v) is 3.09. The molecule has 6 nitrogen and oxygen atoms in total. The molecule has 2 atom stereocenters. The first-order valence-electron chi connectivity index (χ1n) is 9.14. The van der Waals surface area contributed by atoms with Crippen LogP contribution in [0.15, 0.2) is 72.8 Å². The van der Waals surface area contributed by atoms with Gasteiger partial charge in [0.05, 0.1) is 11.4 Å². The van der Waals surface area contributed by atoms with Gasteiger partial charge < -0.3 is 0 Å². The smallest absolute Gasteiger partial charge is 0.168 e. The summed E-state index contributed by atoms with van der Waals surface area (Å²) in [5, 5.41) is 0. The van der Waals surface area contributed by atoms with Gasteiger partial charge in [-0.3, -0.25) is 30.2 Å². The standard InChI is InChI=1S/C22H20N2O4/c25-19(21-13-17(23-27-21)15-7-3-1-4-8-15)11-12-20(26)22-14-18(24-28-22)16-9-5-2-6-10-16/h1-10,13-14,21-24H,11-12H2/t21-,22-/m0/s1. The van der Waals surface area contributed by atoms with Crippen LogP contribution in [0.4, 0.5) is 0 Å². The van der Waals surface area contributed by atoms with Gasteiger partial charge in [0.25, 0.3) is 0 Å². The number of benzene rings is 2. The minimum atomic E-state index is -0.693. The lowest BCUT2D eigenvalue weighted by atomic mass is 10.0. The van der Waals surface area contributed by atoms with Crippen molar-refractivity contribution in [3.63, 3.8) is 0 Å². The molecule has 0 aliphatic carbocycles. The zero-order valence-corrected chi connectivity index (χ0v) is 15.1. The van der Waals surface area contributed by atoms with Crippen molar-refractivity contribution in [3.05, 3.63) is 83.9 Å². The van der Waals surface area contributed by atoms with Crippen molar-refractivity contribution in [1.82, 2.24) is 11.0 Å². The van der Waals surface area contributed by atoms with Gasteiger partial charge in [-0.05, 0) is 23.3 Å². The second kappa shape index (κ2) is 8.21. The third-order valence-electron chi connectivity index (χ3n) is 4.65. The average Bonchev–Trinajstić information content (AvgIpc) is 3.43. The number of rotatable bonds is 7. The van der Waals surface area contributed by atoms with Gasteiger partial charge >= 0.3 is 0 Å². The highest BCUT2D eigenvalue weighted by molar-refractivity contribution is 5.94. The maximum absolute atomic E-state index is 12.4. The predicted molar refractivity (Wildman–Crippen MR) is 104 cm³/mol. The van der Waals surface area contributed by atoms with E-state index in [1.54, 1.807) is 12.2 Å². The molecule has 28 heavy (non-hydrogen) atoms. The van der Waals surface area contributed by atoms with E-state index in [0.29, 0.717) is 0 Å². The Morgan fingerprint density at radius 3 is 1.46 bits per heavy atom. The molecule has 2 aliphatic rings. The normalized spacial score (nSPS) is 20.7.